The molecule has 0 spiro atoms. The van der Waals surface area contributed by atoms with Crippen LogP contribution in [-0.2, 0) is 9.53 Å². The number of phenols is 1. The number of benzene rings is 2. The molecule has 164 valence electrons. The Balaban J connectivity index is 1.77. The molecule has 3 aromatic rings. The molecular formula is C23H27N3O5. The molecule has 0 aliphatic heterocycles. The molecule has 4 N–H and O–H groups in total. The minimum Gasteiger partial charge on any atom is -0.507 e. The van der Waals surface area contributed by atoms with Crippen LogP contribution >= 0.6 is 0 Å². The maximum absolute atomic E-state index is 12.8. The molecule has 0 unspecified atom stereocenters. The normalized spacial score (nSPS) is 12.4. The summed E-state index contributed by atoms with van der Waals surface area (Å²) in [5.41, 5.74) is 2.87. The largest absolute Gasteiger partial charge is 0.507 e. The molecular weight excluding hydrogens is 398 g/mol. The van der Waals surface area contributed by atoms with E-state index < -0.39 is 18.0 Å². The zero-order chi connectivity index (χ0) is 22.9. The lowest BCUT2D eigenvalue weighted by Gasteiger charge is -2.18. The molecule has 31 heavy (non-hydrogen) atoms. The molecule has 8 nitrogen and oxygen atoms in total. The van der Waals surface area contributed by atoms with Crippen LogP contribution in [0.3, 0.4) is 0 Å². The van der Waals surface area contributed by atoms with E-state index in [2.05, 4.69) is 15.3 Å². The summed E-state index contributed by atoms with van der Waals surface area (Å²) in [4.78, 5) is 41.9. The van der Waals surface area contributed by atoms with Gasteiger partial charge in [0, 0.05) is 5.69 Å². The van der Waals surface area contributed by atoms with Gasteiger partial charge in [-0.15, -0.1) is 0 Å². The fourth-order valence-electron chi connectivity index (χ4n) is 3.24. The summed E-state index contributed by atoms with van der Waals surface area (Å²) in [6, 6.07) is 8.38. The number of ether oxygens (including phenoxy) is 1. The van der Waals surface area contributed by atoms with Crippen LogP contribution in [0.25, 0.3) is 11.0 Å². The van der Waals surface area contributed by atoms with Crippen molar-refractivity contribution in [1.82, 2.24) is 9.97 Å². The molecule has 3 rings (SSSR count). The number of aromatic hydroxyl groups is 1. The van der Waals surface area contributed by atoms with Crippen LogP contribution in [0.5, 0.6) is 5.75 Å². The summed E-state index contributed by atoms with van der Waals surface area (Å²) in [5.74, 6) is -1.26. The molecule has 0 aliphatic rings. The second kappa shape index (κ2) is 8.67. The van der Waals surface area contributed by atoms with Crippen molar-refractivity contribution in [3.63, 3.8) is 0 Å². The lowest BCUT2D eigenvalue weighted by molar-refractivity contribution is -0.123. The predicted molar refractivity (Wildman–Crippen MR) is 119 cm³/mol. The van der Waals surface area contributed by atoms with Crippen LogP contribution in [0.1, 0.15) is 67.9 Å². The first kappa shape index (κ1) is 22.1. The molecule has 1 aromatic heterocycles. The van der Waals surface area contributed by atoms with Crippen LogP contribution in [0, 0.1) is 0 Å². The number of amides is 1. The highest BCUT2D eigenvalue weighted by Crippen LogP contribution is 2.33. The number of esters is 1. The van der Waals surface area contributed by atoms with Crippen LogP contribution in [0.2, 0.25) is 0 Å². The van der Waals surface area contributed by atoms with Crippen molar-refractivity contribution in [2.75, 3.05) is 5.32 Å². The number of H-pyrrole nitrogens is 2. The molecule has 0 bridgehead atoms. The van der Waals surface area contributed by atoms with Gasteiger partial charge in [-0.25, -0.2) is 9.59 Å². The van der Waals surface area contributed by atoms with Gasteiger partial charge in [0.25, 0.3) is 5.91 Å². The van der Waals surface area contributed by atoms with E-state index in [1.54, 1.807) is 24.3 Å². The van der Waals surface area contributed by atoms with Crippen molar-refractivity contribution < 1.29 is 19.4 Å². The summed E-state index contributed by atoms with van der Waals surface area (Å²) in [5, 5.41) is 13.3. The average Bonchev–Trinajstić information content (AvgIpc) is 3.06. The van der Waals surface area contributed by atoms with Crippen molar-refractivity contribution in [3.8, 4) is 5.75 Å². The van der Waals surface area contributed by atoms with E-state index in [4.69, 9.17) is 4.74 Å². The topological polar surface area (TPSA) is 124 Å². The summed E-state index contributed by atoms with van der Waals surface area (Å²) in [7, 11) is 0. The Hall–Kier alpha value is -3.55. The third-order valence-corrected chi connectivity index (χ3v) is 5.11. The van der Waals surface area contributed by atoms with E-state index in [1.165, 1.54) is 6.92 Å². The van der Waals surface area contributed by atoms with Gasteiger partial charge in [-0.1, -0.05) is 33.8 Å². The monoisotopic (exact) mass is 425 g/mol. The highest BCUT2D eigenvalue weighted by molar-refractivity contribution is 5.99. The number of carbonyl (C=O) groups excluding carboxylic acids is 2. The lowest BCUT2D eigenvalue weighted by Crippen LogP contribution is -2.30. The van der Waals surface area contributed by atoms with Crippen molar-refractivity contribution >= 4 is 28.6 Å². The Morgan fingerprint density at radius 2 is 1.65 bits per heavy atom. The number of aromatic amines is 2. The first-order chi connectivity index (χ1) is 14.6. The summed E-state index contributed by atoms with van der Waals surface area (Å²) < 4.78 is 5.34. The van der Waals surface area contributed by atoms with Crippen molar-refractivity contribution in [1.29, 1.82) is 0 Å². The number of imidazole rings is 1. The standard InChI is InChI=1S/C23H27N3O5/c1-11(2)14-8-16(12(3)4)20(27)17(9-14)22(29)31-13(5)21(28)24-15-6-7-18-19(10-15)26-23(30)25-18/h6-13,27H,1-5H3,(H,24,28)(H2,25,26,30)/t13-/m0/s1. The van der Waals surface area contributed by atoms with E-state index in [0.717, 1.165) is 5.56 Å². The predicted octanol–water partition coefficient (Wildman–Crippen LogP) is 3.99. The molecule has 2 aromatic carbocycles. The number of phenolic OH excluding ortho intramolecular Hbond substituents is 1. The number of hydrogen-bond acceptors (Lipinski definition) is 5. The average molecular weight is 425 g/mol. The quantitative estimate of drug-likeness (QED) is 0.445. The smallest absolute Gasteiger partial charge is 0.342 e. The van der Waals surface area contributed by atoms with Gasteiger partial charge in [0.15, 0.2) is 6.10 Å². The highest BCUT2D eigenvalue weighted by Gasteiger charge is 2.24. The van der Waals surface area contributed by atoms with Gasteiger partial charge in [0.2, 0.25) is 0 Å². The van der Waals surface area contributed by atoms with Crippen LogP contribution in [0.4, 0.5) is 5.69 Å². The molecule has 1 atom stereocenters. The van der Waals surface area contributed by atoms with Gasteiger partial charge in [0.1, 0.15) is 11.3 Å². The molecule has 1 amide bonds. The third-order valence-electron chi connectivity index (χ3n) is 5.11. The van der Waals surface area contributed by atoms with Gasteiger partial charge in [-0.2, -0.15) is 0 Å². The molecule has 0 saturated carbocycles. The maximum atomic E-state index is 12.8. The molecule has 0 saturated heterocycles. The summed E-state index contributed by atoms with van der Waals surface area (Å²) >= 11 is 0. The van der Waals surface area contributed by atoms with E-state index in [-0.39, 0.29) is 28.8 Å². The number of fused-ring (bicyclic) bond motifs is 1. The first-order valence-electron chi connectivity index (χ1n) is 10.2. The summed E-state index contributed by atoms with van der Waals surface area (Å²) in [6.07, 6.45) is -1.10. The van der Waals surface area contributed by atoms with E-state index in [0.29, 0.717) is 22.3 Å². The maximum Gasteiger partial charge on any atom is 0.342 e. The van der Waals surface area contributed by atoms with Crippen molar-refractivity contribution in [3.05, 3.63) is 57.5 Å². The molecule has 1 heterocycles. The second-order valence-corrected chi connectivity index (χ2v) is 8.19. The first-order valence-corrected chi connectivity index (χ1v) is 10.2. The van der Waals surface area contributed by atoms with Crippen molar-refractivity contribution in [2.45, 2.75) is 52.6 Å². The van der Waals surface area contributed by atoms with Crippen LogP contribution in [0.15, 0.2) is 35.1 Å². The minimum absolute atomic E-state index is 0.0146. The lowest BCUT2D eigenvalue weighted by atomic mass is 9.92. The minimum atomic E-state index is -1.10. The molecule has 8 heteroatoms. The fourth-order valence-corrected chi connectivity index (χ4v) is 3.24. The van der Waals surface area contributed by atoms with Gasteiger partial charge in [0.05, 0.1) is 11.0 Å². The van der Waals surface area contributed by atoms with E-state index in [9.17, 15) is 19.5 Å². The van der Waals surface area contributed by atoms with Gasteiger partial charge >= 0.3 is 11.7 Å². The number of nitrogens with one attached hydrogen (secondary N) is 3. The Labute approximate surface area is 179 Å². The number of anilines is 1. The Morgan fingerprint density at radius 1 is 0.968 bits per heavy atom. The van der Waals surface area contributed by atoms with E-state index >= 15 is 0 Å². The Bertz CT molecular complexity index is 1190. The zero-order valence-electron chi connectivity index (χ0n) is 18.2. The number of hydrogen-bond donors (Lipinski definition) is 4. The van der Waals surface area contributed by atoms with E-state index in [1.807, 2.05) is 33.8 Å². The Morgan fingerprint density at radius 3 is 2.29 bits per heavy atom. The number of aromatic nitrogens is 2. The summed E-state index contributed by atoms with van der Waals surface area (Å²) in [6.45, 7) is 9.31. The highest BCUT2D eigenvalue weighted by atomic mass is 16.5. The zero-order valence-corrected chi connectivity index (χ0v) is 18.2. The number of carbonyl (C=O) groups is 2. The van der Waals surface area contributed by atoms with Crippen molar-refractivity contribution in [2.24, 2.45) is 0 Å². The third kappa shape index (κ3) is 4.79. The second-order valence-electron chi connectivity index (χ2n) is 8.19. The van der Waals surface area contributed by atoms with Crippen LogP contribution < -0.4 is 11.0 Å². The van der Waals surface area contributed by atoms with Gasteiger partial charge in [-0.3, -0.25) is 4.79 Å². The molecule has 0 radical (unpaired) electrons. The SMILES string of the molecule is CC(C)c1cc(C(=O)O[C@@H](C)C(=O)Nc2ccc3[nH]c(=O)[nH]c3c2)c(O)c(C(C)C)c1. The Kier molecular flexibility index (Phi) is 6.19. The molecule has 0 fully saturated rings. The molecule has 0 aliphatic carbocycles. The van der Waals surface area contributed by atoms with Crippen LogP contribution in [-0.4, -0.2) is 33.1 Å². The fraction of sp³-hybridized carbons (Fsp3) is 0.348. The number of rotatable bonds is 6. The van der Waals surface area contributed by atoms with Gasteiger partial charge < -0.3 is 25.1 Å². The van der Waals surface area contributed by atoms with Gasteiger partial charge in [-0.05, 0) is 54.2 Å².